The van der Waals surface area contributed by atoms with Gasteiger partial charge >= 0.3 is 8.69 Å². The zero-order chi connectivity index (χ0) is 12.9. The van der Waals surface area contributed by atoms with Crippen molar-refractivity contribution in [3.8, 4) is 0 Å². The van der Waals surface area contributed by atoms with Crippen LogP contribution in [0.1, 0.15) is 46.1 Å². The summed E-state index contributed by atoms with van der Waals surface area (Å²) in [6.07, 6.45) is 1.65. The minimum Gasteiger partial charge on any atom is -0.283 e. The molecular weight excluding hydrogens is 231 g/mol. The molecule has 0 N–H and O–H groups in total. The highest BCUT2D eigenvalue weighted by Gasteiger charge is 2.36. The first-order valence-electron chi connectivity index (χ1n) is 6.00. The van der Waals surface area contributed by atoms with E-state index in [1.54, 1.807) is 0 Å². The standard InChI is InChI=1S/C14H21O2P/c1-5-14(16-17-15,11-13(2,3)4)12-9-7-6-8-10-12/h6-10H,5,11H2,1-4H3. The second kappa shape index (κ2) is 5.75. The quantitative estimate of drug-likeness (QED) is 0.693. The molecule has 0 fully saturated rings. The SMILES string of the molecule is CCC(CC(C)(C)C)(OP=O)c1ccccc1. The van der Waals surface area contributed by atoms with Crippen molar-refractivity contribution in [3.63, 3.8) is 0 Å². The van der Waals surface area contributed by atoms with Crippen molar-refractivity contribution in [1.82, 2.24) is 0 Å². The second-order valence-corrected chi connectivity index (χ2v) is 5.95. The summed E-state index contributed by atoms with van der Waals surface area (Å²) in [4.78, 5) is 0. The number of hydrogen-bond acceptors (Lipinski definition) is 2. The van der Waals surface area contributed by atoms with Crippen LogP contribution in [0.5, 0.6) is 0 Å². The molecule has 0 aliphatic carbocycles. The maximum absolute atomic E-state index is 10.9. The van der Waals surface area contributed by atoms with E-state index in [0.717, 1.165) is 18.4 Å². The summed E-state index contributed by atoms with van der Waals surface area (Å²) in [6, 6.07) is 10.1. The van der Waals surface area contributed by atoms with Crippen LogP contribution in [0.4, 0.5) is 0 Å². The van der Waals surface area contributed by atoms with Crippen LogP contribution in [-0.4, -0.2) is 0 Å². The molecule has 0 aromatic heterocycles. The zero-order valence-electron chi connectivity index (χ0n) is 11.1. The van der Waals surface area contributed by atoms with Gasteiger partial charge in [-0.15, -0.1) is 0 Å². The van der Waals surface area contributed by atoms with Gasteiger partial charge in [0, 0.05) is 0 Å². The van der Waals surface area contributed by atoms with E-state index in [9.17, 15) is 4.57 Å². The van der Waals surface area contributed by atoms with Crippen molar-refractivity contribution in [3.05, 3.63) is 35.9 Å². The lowest BCUT2D eigenvalue weighted by atomic mass is 9.77. The predicted octanol–water partition coefficient (Wildman–Crippen LogP) is 4.95. The lowest BCUT2D eigenvalue weighted by molar-refractivity contribution is 0.0317. The molecule has 0 spiro atoms. The zero-order valence-corrected chi connectivity index (χ0v) is 12.0. The highest BCUT2D eigenvalue weighted by molar-refractivity contribution is 7.17. The van der Waals surface area contributed by atoms with Gasteiger partial charge in [-0.1, -0.05) is 58.0 Å². The van der Waals surface area contributed by atoms with Gasteiger partial charge in [0.1, 0.15) is 5.60 Å². The van der Waals surface area contributed by atoms with Gasteiger partial charge in [0.25, 0.3) is 0 Å². The molecule has 0 radical (unpaired) electrons. The van der Waals surface area contributed by atoms with Crippen molar-refractivity contribution in [2.24, 2.45) is 5.41 Å². The van der Waals surface area contributed by atoms with Gasteiger partial charge in [0.2, 0.25) is 0 Å². The van der Waals surface area contributed by atoms with Crippen molar-refractivity contribution in [2.75, 3.05) is 0 Å². The highest BCUT2D eigenvalue weighted by atomic mass is 31.1. The molecule has 1 atom stereocenters. The van der Waals surface area contributed by atoms with E-state index in [4.69, 9.17) is 4.52 Å². The Morgan fingerprint density at radius 3 is 2.18 bits per heavy atom. The molecule has 1 aromatic rings. The normalized spacial score (nSPS) is 15.8. The molecule has 1 unspecified atom stereocenters. The van der Waals surface area contributed by atoms with Gasteiger partial charge in [-0.05, 0) is 23.8 Å². The summed E-state index contributed by atoms with van der Waals surface area (Å²) in [5, 5.41) is 0. The molecule has 0 aliphatic rings. The van der Waals surface area contributed by atoms with Gasteiger partial charge in [-0.25, -0.2) is 4.57 Å². The van der Waals surface area contributed by atoms with E-state index in [1.807, 2.05) is 30.3 Å². The Kier molecular flexibility index (Phi) is 4.85. The smallest absolute Gasteiger partial charge is 0.283 e. The third-order valence-corrected chi connectivity index (χ3v) is 3.32. The predicted molar refractivity (Wildman–Crippen MR) is 71.2 cm³/mol. The maximum Gasteiger partial charge on any atom is 0.328 e. The van der Waals surface area contributed by atoms with E-state index >= 15 is 0 Å². The highest BCUT2D eigenvalue weighted by Crippen LogP contribution is 2.42. The van der Waals surface area contributed by atoms with Gasteiger partial charge in [-0.2, -0.15) is 0 Å². The average Bonchev–Trinajstić information content (AvgIpc) is 2.28. The minimum atomic E-state index is -0.456. The molecule has 0 heterocycles. The van der Waals surface area contributed by atoms with Gasteiger partial charge < -0.3 is 0 Å². The van der Waals surface area contributed by atoms with Crippen LogP contribution in [0, 0.1) is 5.41 Å². The van der Waals surface area contributed by atoms with Crippen molar-refractivity contribution >= 4 is 8.69 Å². The van der Waals surface area contributed by atoms with Crippen LogP contribution in [0.2, 0.25) is 0 Å². The summed E-state index contributed by atoms with van der Waals surface area (Å²) in [5.74, 6) is 0. The molecule has 2 nitrogen and oxygen atoms in total. The Hall–Kier alpha value is -0.720. The summed E-state index contributed by atoms with van der Waals surface area (Å²) < 4.78 is 16.5. The Morgan fingerprint density at radius 1 is 1.18 bits per heavy atom. The maximum atomic E-state index is 10.9. The van der Waals surface area contributed by atoms with Crippen LogP contribution in [0.3, 0.4) is 0 Å². The first-order chi connectivity index (χ1) is 7.93. The van der Waals surface area contributed by atoms with Crippen LogP contribution >= 0.6 is 8.69 Å². The fourth-order valence-electron chi connectivity index (χ4n) is 2.25. The van der Waals surface area contributed by atoms with Crippen LogP contribution < -0.4 is 0 Å². The molecule has 0 amide bonds. The molecule has 0 saturated heterocycles. The van der Waals surface area contributed by atoms with E-state index in [2.05, 4.69) is 27.7 Å². The van der Waals surface area contributed by atoms with E-state index in [1.165, 1.54) is 0 Å². The third kappa shape index (κ3) is 3.90. The molecule has 94 valence electrons. The topological polar surface area (TPSA) is 26.3 Å². The summed E-state index contributed by atoms with van der Waals surface area (Å²) >= 11 is 0. The summed E-state index contributed by atoms with van der Waals surface area (Å²) in [5.41, 5.74) is 0.764. The second-order valence-electron chi connectivity index (χ2n) is 5.62. The van der Waals surface area contributed by atoms with E-state index < -0.39 is 5.60 Å². The number of hydrogen-bond donors (Lipinski definition) is 0. The molecule has 0 aliphatic heterocycles. The van der Waals surface area contributed by atoms with Gasteiger partial charge in [0.15, 0.2) is 0 Å². The number of benzene rings is 1. The first-order valence-corrected chi connectivity index (χ1v) is 6.73. The lowest BCUT2D eigenvalue weighted by Gasteiger charge is -2.36. The fourth-order valence-corrected chi connectivity index (χ4v) is 2.69. The first kappa shape index (κ1) is 14.3. The van der Waals surface area contributed by atoms with E-state index in [0.29, 0.717) is 0 Å². The van der Waals surface area contributed by atoms with Crippen LogP contribution in [0.25, 0.3) is 0 Å². The Balaban J connectivity index is 3.13. The summed E-state index contributed by atoms with van der Waals surface area (Å²) in [7, 11) is -0.252. The van der Waals surface area contributed by atoms with Crippen molar-refractivity contribution < 1.29 is 9.09 Å². The largest absolute Gasteiger partial charge is 0.328 e. The van der Waals surface area contributed by atoms with Crippen LogP contribution in [0.15, 0.2) is 30.3 Å². The van der Waals surface area contributed by atoms with Gasteiger partial charge in [-0.3, -0.25) is 4.52 Å². The monoisotopic (exact) mass is 252 g/mol. The summed E-state index contributed by atoms with van der Waals surface area (Å²) in [6.45, 7) is 8.59. The van der Waals surface area contributed by atoms with Crippen LogP contribution in [-0.2, 0) is 14.7 Å². The minimum absolute atomic E-state index is 0.122. The molecule has 3 heteroatoms. The molecule has 17 heavy (non-hydrogen) atoms. The third-order valence-electron chi connectivity index (χ3n) is 2.90. The Morgan fingerprint density at radius 2 is 1.76 bits per heavy atom. The van der Waals surface area contributed by atoms with Crippen molar-refractivity contribution in [1.29, 1.82) is 0 Å². The Bertz CT molecular complexity index is 356. The Labute approximate surface area is 106 Å². The van der Waals surface area contributed by atoms with Crippen molar-refractivity contribution in [2.45, 2.75) is 46.1 Å². The fraction of sp³-hybridized carbons (Fsp3) is 0.571. The average molecular weight is 252 g/mol. The molecule has 0 saturated carbocycles. The van der Waals surface area contributed by atoms with Gasteiger partial charge in [0.05, 0.1) is 0 Å². The molecule has 1 aromatic carbocycles. The molecular formula is C14H21O2P. The lowest BCUT2D eigenvalue weighted by Crippen LogP contribution is -2.31. The molecule has 1 rings (SSSR count). The van der Waals surface area contributed by atoms with E-state index in [-0.39, 0.29) is 14.1 Å². The number of rotatable bonds is 5. The molecule has 0 bridgehead atoms.